The Kier molecular flexibility index (Phi) is 3.26. The summed E-state index contributed by atoms with van der Waals surface area (Å²) < 4.78 is 23.8. The van der Waals surface area contributed by atoms with Crippen LogP contribution < -0.4 is 5.32 Å². The van der Waals surface area contributed by atoms with Crippen LogP contribution in [0.15, 0.2) is 41.6 Å². The third kappa shape index (κ3) is 2.81. The third-order valence-electron chi connectivity index (χ3n) is 2.87. The van der Waals surface area contributed by atoms with Gasteiger partial charge in [-0.15, -0.1) is 0 Å². The van der Waals surface area contributed by atoms with Gasteiger partial charge in [-0.3, -0.25) is 10.1 Å². The molecule has 21 heavy (non-hydrogen) atoms. The van der Waals surface area contributed by atoms with Crippen molar-refractivity contribution >= 4 is 42.4 Å². The summed E-state index contributed by atoms with van der Waals surface area (Å²) in [5.41, 5.74) is 1.16. The Morgan fingerprint density at radius 3 is 2.81 bits per heavy atom. The van der Waals surface area contributed by atoms with Gasteiger partial charge >= 0.3 is 0 Å². The molecule has 1 aromatic carbocycles. The number of hydrogen-bond acceptors (Lipinski definition) is 5. The second kappa shape index (κ2) is 4.97. The van der Waals surface area contributed by atoms with Crippen LogP contribution in [0.4, 0.5) is 5.13 Å². The largest absolute Gasteiger partial charge is 0.367 e. The van der Waals surface area contributed by atoms with Crippen molar-refractivity contribution in [1.82, 2.24) is 9.97 Å². The van der Waals surface area contributed by atoms with Gasteiger partial charge < -0.3 is 4.98 Å². The molecule has 2 aromatic heterocycles. The summed E-state index contributed by atoms with van der Waals surface area (Å²) in [6.45, 7) is 0. The lowest BCUT2D eigenvalue weighted by Crippen LogP contribution is -2.10. The maximum absolute atomic E-state index is 11.9. The number of carbonyl (C=O) groups is 1. The highest BCUT2D eigenvalue weighted by atomic mass is 32.2. The lowest BCUT2D eigenvalue weighted by molar-refractivity contribution is 0.102. The third-order valence-corrected chi connectivity index (χ3v) is 4.91. The van der Waals surface area contributed by atoms with E-state index in [1.54, 1.807) is 30.6 Å². The zero-order chi connectivity index (χ0) is 15.0. The number of sulfone groups is 1. The van der Waals surface area contributed by atoms with Crippen molar-refractivity contribution in [3.8, 4) is 0 Å². The second-order valence-corrected chi connectivity index (χ2v) is 7.52. The predicted molar refractivity (Wildman–Crippen MR) is 81.5 cm³/mol. The van der Waals surface area contributed by atoms with Crippen molar-refractivity contribution < 1.29 is 13.2 Å². The summed E-state index contributed by atoms with van der Waals surface area (Å²) in [5.74, 6) is -0.265. The average Bonchev–Trinajstić information content (AvgIpc) is 3.05. The number of aromatic nitrogens is 2. The maximum atomic E-state index is 11.9. The topological polar surface area (TPSA) is 91.9 Å². The van der Waals surface area contributed by atoms with Crippen molar-refractivity contribution in [3.63, 3.8) is 0 Å². The number of nitrogens with one attached hydrogen (secondary N) is 2. The van der Waals surface area contributed by atoms with Crippen molar-refractivity contribution in [1.29, 1.82) is 0 Å². The van der Waals surface area contributed by atoms with Crippen molar-refractivity contribution in [2.75, 3.05) is 11.6 Å². The van der Waals surface area contributed by atoms with Gasteiger partial charge in [-0.2, -0.15) is 0 Å². The van der Waals surface area contributed by atoms with E-state index in [4.69, 9.17) is 0 Å². The van der Waals surface area contributed by atoms with Gasteiger partial charge in [0.05, 0.1) is 20.7 Å². The molecule has 3 aromatic rings. The molecule has 8 heteroatoms. The van der Waals surface area contributed by atoms with Gasteiger partial charge in [-0.05, 0) is 24.3 Å². The summed E-state index contributed by atoms with van der Waals surface area (Å²) in [7, 11) is -3.26. The molecule has 0 unspecified atom stereocenters. The predicted octanol–water partition coefficient (Wildman–Crippen LogP) is 2.28. The fourth-order valence-corrected chi connectivity index (χ4v) is 3.45. The molecule has 3 rings (SSSR count). The number of H-pyrrole nitrogens is 1. The number of amides is 1. The lowest BCUT2D eigenvalue weighted by Gasteiger charge is -1.97. The summed E-state index contributed by atoms with van der Waals surface area (Å²) in [5, 5.41) is 3.12. The number of carbonyl (C=O) groups excluding carboxylic acids is 1. The van der Waals surface area contributed by atoms with Crippen molar-refractivity contribution in [3.05, 3.63) is 42.2 Å². The zero-order valence-electron chi connectivity index (χ0n) is 11.0. The van der Waals surface area contributed by atoms with E-state index in [9.17, 15) is 13.2 Å². The summed E-state index contributed by atoms with van der Waals surface area (Å²) in [6.07, 6.45) is 4.40. The molecule has 0 aliphatic carbocycles. The number of rotatable bonds is 3. The second-order valence-electron chi connectivity index (χ2n) is 4.47. The first-order valence-electron chi connectivity index (χ1n) is 5.98. The van der Waals surface area contributed by atoms with Gasteiger partial charge in [0.15, 0.2) is 15.0 Å². The smallest absolute Gasteiger partial charge is 0.258 e. The molecule has 1 amide bonds. The fraction of sp³-hybridized carbons (Fsp3) is 0.0769. The lowest BCUT2D eigenvalue weighted by atomic mass is 10.3. The van der Waals surface area contributed by atoms with E-state index >= 15 is 0 Å². The molecular formula is C13H11N3O3S2. The van der Waals surface area contributed by atoms with Crippen LogP contribution in [-0.4, -0.2) is 30.5 Å². The highest BCUT2D eigenvalue weighted by Gasteiger charge is 2.13. The van der Waals surface area contributed by atoms with Gasteiger partial charge in [0, 0.05) is 18.6 Å². The molecule has 0 bridgehead atoms. The van der Waals surface area contributed by atoms with Crippen LogP contribution >= 0.6 is 11.3 Å². The minimum absolute atomic E-state index is 0.238. The molecule has 6 nitrogen and oxygen atoms in total. The molecule has 0 spiro atoms. The van der Waals surface area contributed by atoms with Crippen LogP contribution in [0.2, 0.25) is 0 Å². The zero-order valence-corrected chi connectivity index (χ0v) is 12.6. The van der Waals surface area contributed by atoms with E-state index in [0.29, 0.717) is 20.9 Å². The highest BCUT2D eigenvalue weighted by Crippen LogP contribution is 2.28. The van der Waals surface area contributed by atoms with E-state index in [1.165, 1.54) is 17.4 Å². The number of fused-ring (bicyclic) bond motifs is 1. The van der Waals surface area contributed by atoms with Crippen LogP contribution in [-0.2, 0) is 9.84 Å². The van der Waals surface area contributed by atoms with E-state index in [0.717, 1.165) is 6.26 Å². The van der Waals surface area contributed by atoms with Crippen LogP contribution in [0.3, 0.4) is 0 Å². The molecular weight excluding hydrogens is 310 g/mol. The number of nitrogens with zero attached hydrogens (tertiary/aromatic N) is 1. The van der Waals surface area contributed by atoms with E-state index in [-0.39, 0.29) is 10.8 Å². The molecule has 108 valence electrons. The molecule has 0 aliphatic rings. The first-order valence-corrected chi connectivity index (χ1v) is 8.69. The Bertz CT molecular complexity index is 911. The standard InChI is InChI=1S/C13H11N3O3S2/c1-21(18,19)9-2-3-10-11(6-9)20-13(15-10)16-12(17)8-4-5-14-7-8/h2-7,14H,1H3,(H,15,16,17). The normalized spacial score (nSPS) is 11.7. The summed E-state index contributed by atoms with van der Waals surface area (Å²) in [4.78, 5) is 19.2. The average molecular weight is 321 g/mol. The number of aromatic amines is 1. The summed E-state index contributed by atoms with van der Waals surface area (Å²) >= 11 is 1.24. The Morgan fingerprint density at radius 1 is 1.33 bits per heavy atom. The van der Waals surface area contributed by atoms with Crippen molar-refractivity contribution in [2.45, 2.75) is 4.90 Å². The van der Waals surface area contributed by atoms with Gasteiger partial charge in [0.25, 0.3) is 5.91 Å². The van der Waals surface area contributed by atoms with Gasteiger partial charge in [-0.1, -0.05) is 11.3 Å². The van der Waals surface area contributed by atoms with Gasteiger partial charge in [0.2, 0.25) is 0 Å². The molecule has 0 saturated heterocycles. The minimum Gasteiger partial charge on any atom is -0.367 e. The van der Waals surface area contributed by atoms with E-state index in [2.05, 4.69) is 15.3 Å². The van der Waals surface area contributed by atoms with E-state index < -0.39 is 9.84 Å². The Balaban J connectivity index is 1.93. The Hall–Kier alpha value is -2.19. The monoisotopic (exact) mass is 321 g/mol. The fourth-order valence-electron chi connectivity index (χ4n) is 1.82. The quantitative estimate of drug-likeness (QED) is 0.774. The first-order chi connectivity index (χ1) is 9.93. The van der Waals surface area contributed by atoms with Gasteiger partial charge in [0.1, 0.15) is 0 Å². The molecule has 2 heterocycles. The van der Waals surface area contributed by atoms with Crippen LogP contribution in [0, 0.1) is 0 Å². The van der Waals surface area contributed by atoms with Crippen LogP contribution in [0.25, 0.3) is 10.2 Å². The summed E-state index contributed by atoms with van der Waals surface area (Å²) in [6, 6.07) is 6.36. The Morgan fingerprint density at radius 2 is 2.14 bits per heavy atom. The molecule has 2 N–H and O–H groups in total. The molecule has 0 fully saturated rings. The van der Waals surface area contributed by atoms with E-state index in [1.807, 2.05) is 0 Å². The number of anilines is 1. The highest BCUT2D eigenvalue weighted by molar-refractivity contribution is 7.90. The molecule has 0 aliphatic heterocycles. The number of hydrogen-bond donors (Lipinski definition) is 2. The number of thiazole rings is 1. The van der Waals surface area contributed by atoms with Crippen LogP contribution in [0.1, 0.15) is 10.4 Å². The molecule has 0 radical (unpaired) electrons. The van der Waals surface area contributed by atoms with Gasteiger partial charge in [-0.25, -0.2) is 13.4 Å². The SMILES string of the molecule is CS(=O)(=O)c1ccc2nc(NC(=O)c3cc[nH]c3)sc2c1. The van der Waals surface area contributed by atoms with Crippen molar-refractivity contribution in [2.24, 2.45) is 0 Å². The first kappa shape index (κ1) is 13.8. The van der Waals surface area contributed by atoms with Crippen LogP contribution in [0.5, 0.6) is 0 Å². The molecule has 0 saturated carbocycles. The number of benzene rings is 1. The molecule has 0 atom stereocenters. The minimum atomic E-state index is -3.26. The Labute approximate surface area is 124 Å². The maximum Gasteiger partial charge on any atom is 0.258 e.